The van der Waals surface area contributed by atoms with E-state index in [-0.39, 0.29) is 16.1 Å². The number of hydrogen-bond donors (Lipinski definition) is 0. The summed E-state index contributed by atoms with van der Waals surface area (Å²) in [6.45, 7) is 0. The van der Waals surface area contributed by atoms with Gasteiger partial charge in [-0.25, -0.2) is 0 Å². The van der Waals surface area contributed by atoms with Crippen LogP contribution in [0.15, 0.2) is 42.5 Å². The maximum absolute atomic E-state index is 12.2. The average Bonchev–Trinajstić information content (AvgIpc) is 2.46. The van der Waals surface area contributed by atoms with Gasteiger partial charge in [0.2, 0.25) is 0 Å². The summed E-state index contributed by atoms with van der Waals surface area (Å²) in [4.78, 5) is 33.2. The van der Waals surface area contributed by atoms with Crippen molar-refractivity contribution in [3.05, 3.63) is 74.3 Å². The zero-order chi connectivity index (χ0) is 14.7. The molecule has 100 valence electrons. The molecule has 2 aromatic carbocycles. The summed E-state index contributed by atoms with van der Waals surface area (Å²) in [6, 6.07) is 10.4. The predicted octanol–water partition coefficient (Wildman–Crippen LogP) is 3.29. The van der Waals surface area contributed by atoms with Crippen LogP contribution in [0, 0.1) is 10.1 Å². The van der Waals surface area contributed by atoms with Crippen molar-refractivity contribution in [1.82, 2.24) is 0 Å². The maximum Gasteiger partial charge on any atom is 0.280 e. The zero-order valence-electron chi connectivity index (χ0n) is 10.1. The van der Waals surface area contributed by atoms with Gasteiger partial charge < -0.3 is 0 Å². The van der Waals surface area contributed by atoms with Crippen LogP contribution in [0.3, 0.4) is 0 Å². The number of nitro benzene ring substituents is 1. The zero-order valence-corrected chi connectivity index (χ0v) is 10.8. The van der Waals surface area contributed by atoms with Gasteiger partial charge in [0.25, 0.3) is 5.69 Å². The summed E-state index contributed by atoms with van der Waals surface area (Å²) in [5.41, 5.74) is -0.244. The van der Waals surface area contributed by atoms with Gasteiger partial charge in [0.15, 0.2) is 12.1 Å². The van der Waals surface area contributed by atoms with Crippen LogP contribution in [-0.4, -0.2) is 17.0 Å². The first-order valence-electron chi connectivity index (χ1n) is 5.57. The van der Waals surface area contributed by atoms with Crippen molar-refractivity contribution in [1.29, 1.82) is 0 Å². The molecule has 2 rings (SSSR count). The van der Waals surface area contributed by atoms with E-state index in [0.717, 1.165) is 12.1 Å². The fraction of sp³-hybridized carbons (Fsp3) is 0. The Morgan fingerprint density at radius 2 is 1.85 bits per heavy atom. The fourth-order valence-electron chi connectivity index (χ4n) is 1.75. The summed E-state index contributed by atoms with van der Waals surface area (Å²) in [5.74, 6) is -0.434. The number of nitro groups is 1. The largest absolute Gasteiger partial charge is 0.298 e. The summed E-state index contributed by atoms with van der Waals surface area (Å²) >= 11 is 5.93. The van der Waals surface area contributed by atoms with E-state index in [1.165, 1.54) is 0 Å². The number of ketones is 1. The second-order valence-electron chi connectivity index (χ2n) is 3.96. The minimum absolute atomic E-state index is 0.00448. The topological polar surface area (TPSA) is 77.3 Å². The maximum atomic E-state index is 12.2. The lowest BCUT2D eigenvalue weighted by atomic mass is 10.0. The van der Waals surface area contributed by atoms with E-state index in [1.807, 2.05) is 0 Å². The minimum Gasteiger partial charge on any atom is -0.298 e. The Morgan fingerprint density at radius 1 is 1.20 bits per heavy atom. The molecule has 0 aliphatic heterocycles. The molecule has 0 saturated heterocycles. The van der Waals surface area contributed by atoms with Crippen molar-refractivity contribution in [2.24, 2.45) is 0 Å². The molecule has 20 heavy (non-hydrogen) atoms. The van der Waals surface area contributed by atoms with E-state index in [9.17, 15) is 19.7 Å². The number of nitrogens with zero attached hydrogens (tertiary/aromatic N) is 1. The van der Waals surface area contributed by atoms with Gasteiger partial charge in [-0.15, -0.1) is 0 Å². The third-order valence-corrected chi connectivity index (χ3v) is 3.03. The number of benzene rings is 2. The minimum atomic E-state index is -0.720. The SMILES string of the molecule is O=Cc1cc(Cl)c(C(=O)c2ccccc2)cc1[N+](=O)[O-]. The summed E-state index contributed by atoms with van der Waals surface area (Å²) in [5, 5.41) is 10.9. The predicted molar refractivity (Wildman–Crippen MR) is 73.4 cm³/mol. The van der Waals surface area contributed by atoms with Gasteiger partial charge in [0.1, 0.15) is 0 Å². The van der Waals surface area contributed by atoms with Gasteiger partial charge in [-0.05, 0) is 6.07 Å². The number of carbonyl (C=O) groups is 2. The fourth-order valence-corrected chi connectivity index (χ4v) is 2.01. The lowest BCUT2D eigenvalue weighted by molar-refractivity contribution is -0.385. The first-order valence-corrected chi connectivity index (χ1v) is 5.95. The number of hydrogen-bond acceptors (Lipinski definition) is 4. The van der Waals surface area contributed by atoms with Crippen molar-refractivity contribution >= 4 is 29.4 Å². The molecule has 0 radical (unpaired) electrons. The Morgan fingerprint density at radius 3 is 2.40 bits per heavy atom. The molecule has 0 N–H and O–H groups in total. The van der Waals surface area contributed by atoms with E-state index >= 15 is 0 Å². The van der Waals surface area contributed by atoms with Crippen LogP contribution in [0.4, 0.5) is 5.69 Å². The van der Waals surface area contributed by atoms with E-state index in [0.29, 0.717) is 11.8 Å². The molecular formula is C14H8ClNO4. The molecule has 0 aliphatic carbocycles. The number of halogens is 1. The Hall–Kier alpha value is -2.53. The van der Waals surface area contributed by atoms with Crippen LogP contribution < -0.4 is 0 Å². The van der Waals surface area contributed by atoms with Crippen molar-refractivity contribution in [3.63, 3.8) is 0 Å². The molecule has 0 aromatic heterocycles. The number of carbonyl (C=O) groups excluding carboxylic acids is 2. The number of aldehydes is 1. The van der Waals surface area contributed by atoms with Crippen LogP contribution >= 0.6 is 11.6 Å². The van der Waals surface area contributed by atoms with Gasteiger partial charge in [-0.3, -0.25) is 19.7 Å². The van der Waals surface area contributed by atoms with E-state index in [4.69, 9.17) is 11.6 Å². The van der Waals surface area contributed by atoms with Crippen molar-refractivity contribution < 1.29 is 14.5 Å². The first kappa shape index (κ1) is 13.9. The highest BCUT2D eigenvalue weighted by Gasteiger charge is 2.21. The van der Waals surface area contributed by atoms with Crippen LogP contribution in [0.5, 0.6) is 0 Å². The van der Waals surface area contributed by atoms with Crippen molar-refractivity contribution in [2.75, 3.05) is 0 Å². The standard InChI is InChI=1S/C14H8ClNO4/c15-12-6-10(8-17)13(16(19)20)7-11(12)14(18)9-4-2-1-3-5-9/h1-8H. The highest BCUT2D eigenvalue weighted by molar-refractivity contribution is 6.35. The van der Waals surface area contributed by atoms with Crippen LogP contribution in [0.25, 0.3) is 0 Å². The highest BCUT2D eigenvalue weighted by atomic mass is 35.5. The Kier molecular flexibility index (Phi) is 3.91. The molecule has 0 unspecified atom stereocenters. The third kappa shape index (κ3) is 2.57. The Balaban J connectivity index is 2.58. The molecule has 6 heteroatoms. The Labute approximate surface area is 118 Å². The molecule has 0 aliphatic rings. The van der Waals surface area contributed by atoms with E-state index < -0.39 is 16.4 Å². The molecule has 0 amide bonds. The molecule has 0 saturated carbocycles. The highest BCUT2D eigenvalue weighted by Crippen LogP contribution is 2.27. The van der Waals surface area contributed by atoms with Crippen LogP contribution in [0.1, 0.15) is 26.3 Å². The molecule has 5 nitrogen and oxygen atoms in total. The smallest absolute Gasteiger partial charge is 0.280 e. The molecule has 0 spiro atoms. The van der Waals surface area contributed by atoms with Crippen molar-refractivity contribution in [2.45, 2.75) is 0 Å². The van der Waals surface area contributed by atoms with E-state index in [1.54, 1.807) is 30.3 Å². The molecule has 0 bridgehead atoms. The normalized spacial score (nSPS) is 10.1. The van der Waals surface area contributed by atoms with Gasteiger partial charge >= 0.3 is 0 Å². The average molecular weight is 290 g/mol. The molecule has 0 atom stereocenters. The molecular weight excluding hydrogens is 282 g/mol. The first-order chi connectivity index (χ1) is 9.54. The second-order valence-corrected chi connectivity index (χ2v) is 4.37. The summed E-state index contributed by atoms with van der Waals surface area (Å²) in [7, 11) is 0. The third-order valence-electron chi connectivity index (χ3n) is 2.72. The van der Waals surface area contributed by atoms with Gasteiger partial charge in [-0.2, -0.15) is 0 Å². The van der Waals surface area contributed by atoms with Crippen LogP contribution in [-0.2, 0) is 0 Å². The van der Waals surface area contributed by atoms with Gasteiger partial charge in [0, 0.05) is 17.2 Å². The summed E-state index contributed by atoms with van der Waals surface area (Å²) < 4.78 is 0. The van der Waals surface area contributed by atoms with Gasteiger partial charge in [0.05, 0.1) is 15.5 Å². The van der Waals surface area contributed by atoms with E-state index in [2.05, 4.69) is 0 Å². The monoisotopic (exact) mass is 289 g/mol. The molecule has 2 aromatic rings. The lowest BCUT2D eigenvalue weighted by Gasteiger charge is -2.05. The Bertz CT molecular complexity index is 698. The van der Waals surface area contributed by atoms with Crippen molar-refractivity contribution in [3.8, 4) is 0 Å². The quantitative estimate of drug-likeness (QED) is 0.374. The molecule has 0 fully saturated rings. The van der Waals surface area contributed by atoms with Gasteiger partial charge in [-0.1, -0.05) is 41.9 Å². The number of rotatable bonds is 4. The summed E-state index contributed by atoms with van der Waals surface area (Å²) in [6.07, 6.45) is 0.334. The van der Waals surface area contributed by atoms with Crippen LogP contribution in [0.2, 0.25) is 5.02 Å². The lowest BCUT2D eigenvalue weighted by Crippen LogP contribution is -2.05. The second kappa shape index (κ2) is 5.63. The molecule has 0 heterocycles.